The van der Waals surface area contributed by atoms with Gasteiger partial charge in [-0.1, -0.05) is 32.9 Å². The molecule has 1 aromatic carbocycles. The second kappa shape index (κ2) is 6.12. The number of halogens is 2. The molecule has 0 radical (unpaired) electrons. The van der Waals surface area contributed by atoms with Gasteiger partial charge in [0.2, 0.25) is 9.84 Å². The van der Waals surface area contributed by atoms with E-state index in [9.17, 15) is 26.8 Å². The number of sulfone groups is 1. The van der Waals surface area contributed by atoms with E-state index in [2.05, 4.69) is 5.32 Å². The quantitative estimate of drug-likeness (QED) is 0.834. The van der Waals surface area contributed by atoms with Crippen molar-refractivity contribution in [3.05, 3.63) is 29.8 Å². The maximum Gasteiger partial charge on any atom is 0.341 e. The summed E-state index contributed by atoms with van der Waals surface area (Å²) in [6, 6.07) is 3.50. The molecule has 24 heavy (non-hydrogen) atoms. The van der Waals surface area contributed by atoms with Crippen molar-refractivity contribution >= 4 is 21.8 Å². The van der Waals surface area contributed by atoms with Crippen molar-refractivity contribution in [3.8, 4) is 0 Å². The molecule has 1 saturated heterocycles. The minimum Gasteiger partial charge on any atom is -0.325 e. The monoisotopic (exact) mass is 360 g/mol. The van der Waals surface area contributed by atoms with Gasteiger partial charge in [0.25, 0.3) is 5.91 Å². The molecular weight excluding hydrogens is 342 g/mol. The minimum absolute atomic E-state index is 0.0632. The Bertz CT molecular complexity index is 755. The van der Waals surface area contributed by atoms with Crippen molar-refractivity contribution in [1.82, 2.24) is 10.2 Å². The number of nitrogens with zero attached hydrogens (tertiary/aromatic N) is 1. The van der Waals surface area contributed by atoms with Crippen LogP contribution in [-0.2, 0) is 21.2 Å². The van der Waals surface area contributed by atoms with Crippen LogP contribution in [0.2, 0.25) is 0 Å². The van der Waals surface area contributed by atoms with E-state index in [0.717, 1.165) is 17.0 Å². The first-order chi connectivity index (χ1) is 10.9. The van der Waals surface area contributed by atoms with Gasteiger partial charge in [-0.2, -0.15) is 8.78 Å². The van der Waals surface area contributed by atoms with Crippen molar-refractivity contribution in [1.29, 1.82) is 0 Å². The fraction of sp³-hybridized carbons (Fsp3) is 0.467. The fourth-order valence-electron chi connectivity index (χ4n) is 2.33. The first-order valence-corrected chi connectivity index (χ1v) is 8.72. The number of benzene rings is 1. The van der Waals surface area contributed by atoms with Crippen LogP contribution in [0.1, 0.15) is 26.3 Å². The summed E-state index contributed by atoms with van der Waals surface area (Å²) in [6.07, 6.45) is 0. The normalized spacial score (nSPS) is 19.1. The van der Waals surface area contributed by atoms with Crippen LogP contribution in [0.15, 0.2) is 29.2 Å². The molecular formula is C15H18F2N2O4S. The van der Waals surface area contributed by atoms with Gasteiger partial charge in [-0.3, -0.25) is 9.69 Å². The van der Waals surface area contributed by atoms with E-state index in [0.29, 0.717) is 5.56 Å². The minimum atomic E-state index is -4.66. The zero-order valence-electron chi connectivity index (χ0n) is 13.4. The van der Waals surface area contributed by atoms with Crippen LogP contribution >= 0.6 is 0 Å². The van der Waals surface area contributed by atoms with E-state index in [1.807, 2.05) is 20.8 Å². The molecule has 132 valence electrons. The second-order valence-corrected chi connectivity index (χ2v) is 8.54. The number of urea groups is 1. The number of imide groups is 1. The molecule has 2 rings (SSSR count). The lowest BCUT2D eigenvalue weighted by Gasteiger charge is -2.24. The van der Waals surface area contributed by atoms with E-state index < -0.39 is 38.0 Å². The Hall–Kier alpha value is -2.03. The van der Waals surface area contributed by atoms with Crippen molar-refractivity contribution in [2.45, 2.75) is 44.0 Å². The van der Waals surface area contributed by atoms with Gasteiger partial charge in [-0.15, -0.1) is 0 Å². The summed E-state index contributed by atoms with van der Waals surface area (Å²) in [6.45, 7) is 5.41. The van der Waals surface area contributed by atoms with E-state index in [1.54, 1.807) is 0 Å². The summed E-state index contributed by atoms with van der Waals surface area (Å²) in [5, 5.41) is 2.61. The third-order valence-corrected chi connectivity index (χ3v) is 5.12. The summed E-state index contributed by atoms with van der Waals surface area (Å²) in [5.41, 5.74) is 0.0118. The number of amides is 3. The van der Waals surface area contributed by atoms with Gasteiger partial charge in [0.05, 0.1) is 11.4 Å². The van der Waals surface area contributed by atoms with Crippen LogP contribution in [0.3, 0.4) is 0 Å². The topological polar surface area (TPSA) is 83.6 Å². The van der Waals surface area contributed by atoms with Gasteiger partial charge in [-0.05, 0) is 23.1 Å². The lowest BCUT2D eigenvalue weighted by Crippen LogP contribution is -2.41. The highest BCUT2D eigenvalue weighted by Gasteiger charge is 2.44. The highest BCUT2D eigenvalue weighted by atomic mass is 32.2. The molecule has 0 spiro atoms. The van der Waals surface area contributed by atoms with Crippen molar-refractivity contribution in [2.75, 3.05) is 0 Å². The number of carbonyl (C=O) groups excluding carboxylic acids is 2. The third kappa shape index (κ3) is 3.40. The Kier molecular flexibility index (Phi) is 4.67. The molecule has 3 amide bonds. The number of carbonyl (C=O) groups is 2. The Balaban J connectivity index is 2.18. The molecule has 9 heteroatoms. The van der Waals surface area contributed by atoms with Gasteiger partial charge in [0, 0.05) is 0 Å². The lowest BCUT2D eigenvalue weighted by atomic mass is 9.87. The molecule has 1 aromatic rings. The molecule has 0 saturated carbocycles. The molecule has 0 bridgehead atoms. The highest BCUT2D eigenvalue weighted by Crippen LogP contribution is 2.26. The summed E-state index contributed by atoms with van der Waals surface area (Å²) in [5.74, 6) is -3.88. The number of alkyl halides is 2. The van der Waals surface area contributed by atoms with Crippen molar-refractivity contribution < 1.29 is 26.8 Å². The zero-order valence-corrected chi connectivity index (χ0v) is 14.2. The summed E-state index contributed by atoms with van der Waals surface area (Å²) in [7, 11) is -4.66. The number of hydrogen-bond donors (Lipinski definition) is 1. The molecule has 1 N–H and O–H groups in total. The SMILES string of the molecule is CC(C)(C)C1NC(=O)N(Cc2ccc(S(=O)(=O)C(F)F)cc2)C1=O. The maximum atomic E-state index is 12.5. The number of nitrogens with one attached hydrogen (secondary N) is 1. The highest BCUT2D eigenvalue weighted by molar-refractivity contribution is 7.91. The Morgan fingerprint density at radius 3 is 2.12 bits per heavy atom. The lowest BCUT2D eigenvalue weighted by molar-refractivity contribution is -0.129. The standard InChI is InChI=1S/C15H18F2N2O4S/c1-15(2,3)11-12(20)19(14(21)18-11)8-9-4-6-10(7-5-9)24(22,23)13(16)17/h4-7,11,13H,8H2,1-3H3,(H,18,21). The zero-order chi connectivity index (χ0) is 18.3. The Morgan fingerprint density at radius 2 is 1.71 bits per heavy atom. The molecule has 1 fully saturated rings. The molecule has 1 aliphatic heterocycles. The van der Waals surface area contributed by atoms with E-state index in [4.69, 9.17) is 0 Å². The van der Waals surface area contributed by atoms with Gasteiger partial charge in [0.1, 0.15) is 6.04 Å². The average molecular weight is 360 g/mol. The molecule has 0 aromatic heterocycles. The maximum absolute atomic E-state index is 12.5. The van der Waals surface area contributed by atoms with Gasteiger partial charge < -0.3 is 5.32 Å². The second-order valence-electron chi connectivity index (χ2n) is 6.62. The molecule has 1 atom stereocenters. The molecule has 0 aliphatic carbocycles. The van der Waals surface area contributed by atoms with Gasteiger partial charge in [0.15, 0.2) is 0 Å². The molecule has 1 aliphatic rings. The molecule has 1 unspecified atom stereocenters. The summed E-state index contributed by atoms with van der Waals surface area (Å²) >= 11 is 0. The first-order valence-electron chi connectivity index (χ1n) is 7.17. The summed E-state index contributed by atoms with van der Waals surface area (Å²) in [4.78, 5) is 24.8. The van der Waals surface area contributed by atoms with Crippen LogP contribution in [0.5, 0.6) is 0 Å². The Morgan fingerprint density at radius 1 is 1.17 bits per heavy atom. The molecule has 1 heterocycles. The molecule has 6 nitrogen and oxygen atoms in total. The first kappa shape index (κ1) is 18.3. The largest absolute Gasteiger partial charge is 0.341 e. The number of hydrogen-bond acceptors (Lipinski definition) is 4. The predicted octanol–water partition coefficient (Wildman–Crippen LogP) is 2.15. The summed E-state index contributed by atoms with van der Waals surface area (Å²) < 4.78 is 47.7. The van der Waals surface area contributed by atoms with Crippen LogP contribution < -0.4 is 5.32 Å². The predicted molar refractivity (Wildman–Crippen MR) is 82.0 cm³/mol. The van der Waals surface area contributed by atoms with Crippen LogP contribution in [-0.4, -0.2) is 37.1 Å². The van der Waals surface area contributed by atoms with E-state index in [1.165, 1.54) is 12.1 Å². The fourth-order valence-corrected chi connectivity index (χ4v) is 3.05. The van der Waals surface area contributed by atoms with Gasteiger partial charge >= 0.3 is 11.8 Å². The van der Waals surface area contributed by atoms with Crippen molar-refractivity contribution in [3.63, 3.8) is 0 Å². The van der Waals surface area contributed by atoms with E-state index >= 15 is 0 Å². The smallest absolute Gasteiger partial charge is 0.325 e. The number of rotatable bonds is 4. The van der Waals surface area contributed by atoms with Crippen LogP contribution in [0.25, 0.3) is 0 Å². The Labute approximate surface area is 138 Å². The van der Waals surface area contributed by atoms with E-state index in [-0.39, 0.29) is 12.5 Å². The average Bonchev–Trinajstić information content (AvgIpc) is 2.75. The third-order valence-electron chi connectivity index (χ3n) is 3.72. The van der Waals surface area contributed by atoms with Crippen LogP contribution in [0, 0.1) is 5.41 Å². The van der Waals surface area contributed by atoms with Crippen molar-refractivity contribution in [2.24, 2.45) is 5.41 Å². The van der Waals surface area contributed by atoms with Gasteiger partial charge in [-0.25, -0.2) is 13.2 Å². The van der Waals surface area contributed by atoms with Crippen LogP contribution in [0.4, 0.5) is 13.6 Å².